The van der Waals surface area contributed by atoms with Crippen molar-refractivity contribution < 1.29 is 9.72 Å². The van der Waals surface area contributed by atoms with Crippen molar-refractivity contribution in [1.82, 2.24) is 9.78 Å². The fraction of sp³-hybridized carbons (Fsp3) is 0.286. The van der Waals surface area contributed by atoms with Crippen molar-refractivity contribution in [1.29, 1.82) is 0 Å². The molecule has 1 heterocycles. The fourth-order valence-electron chi connectivity index (χ4n) is 2.00. The monoisotopic (exact) mass is 288 g/mol. The Morgan fingerprint density at radius 3 is 2.76 bits per heavy atom. The Balaban J connectivity index is 2.26. The van der Waals surface area contributed by atoms with Crippen LogP contribution in [-0.2, 0) is 7.05 Å². The number of carbonyl (C=O) groups excluding carboxylic acids is 1. The molecule has 21 heavy (non-hydrogen) atoms. The summed E-state index contributed by atoms with van der Waals surface area (Å²) in [6.45, 7) is 3.90. The van der Waals surface area contributed by atoms with Crippen LogP contribution in [0.5, 0.6) is 0 Å². The second-order valence-corrected chi connectivity index (χ2v) is 5.02. The van der Waals surface area contributed by atoms with Gasteiger partial charge in [-0.3, -0.25) is 19.6 Å². The number of amides is 1. The number of nitrogens with zero attached hydrogens (tertiary/aromatic N) is 3. The minimum atomic E-state index is -0.501. The largest absolute Gasteiger partial charge is 0.322 e. The van der Waals surface area contributed by atoms with Gasteiger partial charge in [-0.05, 0) is 12.0 Å². The number of rotatable bonds is 4. The van der Waals surface area contributed by atoms with Gasteiger partial charge in [0.05, 0.1) is 16.2 Å². The van der Waals surface area contributed by atoms with Gasteiger partial charge in [0, 0.05) is 31.1 Å². The standard InChI is InChI=1S/C14H16N4O3/c1-9(2)13-12(8-17(3)16-13)14(19)15-10-5-4-6-11(7-10)18(20)21/h4-9H,1-3H3,(H,15,19). The van der Waals surface area contributed by atoms with Crippen LogP contribution in [0.1, 0.15) is 35.8 Å². The maximum absolute atomic E-state index is 12.3. The Labute approximate surface area is 121 Å². The Kier molecular flexibility index (Phi) is 4.02. The number of hydrogen-bond acceptors (Lipinski definition) is 4. The third-order valence-electron chi connectivity index (χ3n) is 2.96. The van der Waals surface area contributed by atoms with Crippen LogP contribution >= 0.6 is 0 Å². The van der Waals surface area contributed by atoms with Crippen LogP contribution in [0.25, 0.3) is 0 Å². The number of non-ortho nitro benzene ring substituents is 1. The van der Waals surface area contributed by atoms with Gasteiger partial charge in [-0.2, -0.15) is 5.10 Å². The minimum absolute atomic E-state index is 0.0666. The number of hydrogen-bond donors (Lipinski definition) is 1. The first-order valence-electron chi connectivity index (χ1n) is 6.48. The van der Waals surface area contributed by atoms with Gasteiger partial charge in [0.15, 0.2) is 0 Å². The zero-order chi connectivity index (χ0) is 15.6. The van der Waals surface area contributed by atoms with Crippen molar-refractivity contribution in [2.75, 3.05) is 5.32 Å². The fourth-order valence-corrected chi connectivity index (χ4v) is 2.00. The van der Waals surface area contributed by atoms with E-state index in [9.17, 15) is 14.9 Å². The molecule has 2 rings (SSSR count). The number of carbonyl (C=O) groups is 1. The first kappa shape index (κ1) is 14.7. The molecule has 1 amide bonds. The maximum atomic E-state index is 12.3. The Hall–Kier alpha value is -2.70. The van der Waals surface area contributed by atoms with Gasteiger partial charge in [0.25, 0.3) is 11.6 Å². The van der Waals surface area contributed by atoms with Crippen molar-refractivity contribution in [3.8, 4) is 0 Å². The quantitative estimate of drug-likeness (QED) is 0.691. The van der Waals surface area contributed by atoms with E-state index in [4.69, 9.17) is 0 Å². The zero-order valence-electron chi connectivity index (χ0n) is 12.0. The lowest BCUT2D eigenvalue weighted by atomic mass is 10.1. The lowest BCUT2D eigenvalue weighted by molar-refractivity contribution is -0.384. The van der Waals surface area contributed by atoms with Crippen LogP contribution in [0.2, 0.25) is 0 Å². The highest BCUT2D eigenvalue weighted by atomic mass is 16.6. The second-order valence-electron chi connectivity index (χ2n) is 5.02. The predicted octanol–water partition coefficient (Wildman–Crippen LogP) is 2.70. The average Bonchev–Trinajstić information content (AvgIpc) is 2.81. The molecule has 0 atom stereocenters. The van der Waals surface area contributed by atoms with E-state index in [2.05, 4.69) is 10.4 Å². The molecule has 0 fully saturated rings. The van der Waals surface area contributed by atoms with Crippen LogP contribution in [0, 0.1) is 10.1 Å². The number of nitro groups is 1. The summed E-state index contributed by atoms with van der Waals surface area (Å²) in [7, 11) is 1.75. The summed E-state index contributed by atoms with van der Waals surface area (Å²) in [5.74, 6) is -0.218. The molecule has 7 heteroatoms. The number of benzene rings is 1. The molecule has 7 nitrogen and oxygen atoms in total. The van der Waals surface area contributed by atoms with Gasteiger partial charge in [0.1, 0.15) is 0 Å². The molecule has 0 saturated heterocycles. The Morgan fingerprint density at radius 2 is 2.14 bits per heavy atom. The minimum Gasteiger partial charge on any atom is -0.322 e. The van der Waals surface area contributed by atoms with Crippen molar-refractivity contribution in [3.05, 3.63) is 51.8 Å². The molecule has 1 N–H and O–H groups in total. The SMILES string of the molecule is CC(C)c1nn(C)cc1C(=O)Nc1cccc([N+](=O)[O-])c1. The summed E-state index contributed by atoms with van der Waals surface area (Å²) in [4.78, 5) is 22.5. The van der Waals surface area contributed by atoms with E-state index >= 15 is 0 Å². The topological polar surface area (TPSA) is 90.1 Å². The Bertz CT molecular complexity index is 691. The molecule has 0 aliphatic rings. The summed E-state index contributed by atoms with van der Waals surface area (Å²) >= 11 is 0. The first-order valence-corrected chi connectivity index (χ1v) is 6.48. The summed E-state index contributed by atoms with van der Waals surface area (Å²) in [6.07, 6.45) is 1.64. The maximum Gasteiger partial charge on any atom is 0.271 e. The molecule has 0 radical (unpaired) electrons. The van der Waals surface area contributed by atoms with E-state index in [0.29, 0.717) is 16.9 Å². The molecule has 0 saturated carbocycles. The highest BCUT2D eigenvalue weighted by Gasteiger charge is 2.18. The third-order valence-corrected chi connectivity index (χ3v) is 2.96. The van der Waals surface area contributed by atoms with Crippen LogP contribution in [0.3, 0.4) is 0 Å². The van der Waals surface area contributed by atoms with E-state index < -0.39 is 4.92 Å². The van der Waals surface area contributed by atoms with Crippen LogP contribution in [-0.4, -0.2) is 20.6 Å². The molecule has 0 aliphatic carbocycles. The van der Waals surface area contributed by atoms with E-state index in [0.717, 1.165) is 0 Å². The summed E-state index contributed by atoms with van der Waals surface area (Å²) in [5, 5.41) is 17.7. The highest BCUT2D eigenvalue weighted by Crippen LogP contribution is 2.21. The lowest BCUT2D eigenvalue weighted by Gasteiger charge is -2.06. The van der Waals surface area contributed by atoms with Crippen LogP contribution < -0.4 is 5.32 Å². The van der Waals surface area contributed by atoms with Crippen LogP contribution in [0.4, 0.5) is 11.4 Å². The predicted molar refractivity (Wildman–Crippen MR) is 78.3 cm³/mol. The summed E-state index contributed by atoms with van der Waals surface area (Å²) in [5.41, 5.74) is 1.48. The highest BCUT2D eigenvalue weighted by molar-refractivity contribution is 6.05. The van der Waals surface area contributed by atoms with Gasteiger partial charge in [-0.25, -0.2) is 0 Å². The van der Waals surface area contributed by atoms with Crippen molar-refractivity contribution >= 4 is 17.3 Å². The number of aryl methyl sites for hydroxylation is 1. The summed E-state index contributed by atoms with van der Waals surface area (Å²) in [6, 6.07) is 5.83. The number of nitrogens with one attached hydrogen (secondary N) is 1. The van der Waals surface area contributed by atoms with E-state index in [-0.39, 0.29) is 17.5 Å². The Morgan fingerprint density at radius 1 is 1.43 bits per heavy atom. The molecular formula is C14H16N4O3. The normalized spacial score (nSPS) is 10.7. The number of anilines is 1. The number of nitro benzene ring substituents is 1. The van der Waals surface area contributed by atoms with Crippen molar-refractivity contribution in [3.63, 3.8) is 0 Å². The first-order chi connectivity index (χ1) is 9.88. The molecular weight excluding hydrogens is 272 g/mol. The molecule has 1 aromatic heterocycles. The van der Waals surface area contributed by atoms with Gasteiger partial charge >= 0.3 is 0 Å². The lowest BCUT2D eigenvalue weighted by Crippen LogP contribution is -2.13. The van der Waals surface area contributed by atoms with Crippen molar-refractivity contribution in [2.24, 2.45) is 7.05 Å². The van der Waals surface area contributed by atoms with Gasteiger partial charge in [-0.15, -0.1) is 0 Å². The molecule has 110 valence electrons. The third kappa shape index (κ3) is 3.25. The van der Waals surface area contributed by atoms with Gasteiger partial charge in [0.2, 0.25) is 0 Å². The van der Waals surface area contributed by atoms with Gasteiger partial charge < -0.3 is 5.32 Å². The molecule has 2 aromatic rings. The molecule has 1 aromatic carbocycles. The van der Waals surface area contributed by atoms with Gasteiger partial charge in [-0.1, -0.05) is 19.9 Å². The van der Waals surface area contributed by atoms with E-state index in [1.54, 1.807) is 24.0 Å². The summed E-state index contributed by atoms with van der Waals surface area (Å²) < 4.78 is 1.58. The molecule has 0 spiro atoms. The second kappa shape index (κ2) is 5.74. The molecule has 0 aliphatic heterocycles. The van der Waals surface area contributed by atoms with Crippen molar-refractivity contribution in [2.45, 2.75) is 19.8 Å². The van der Waals surface area contributed by atoms with Crippen LogP contribution in [0.15, 0.2) is 30.5 Å². The smallest absolute Gasteiger partial charge is 0.271 e. The molecule has 0 bridgehead atoms. The van der Waals surface area contributed by atoms with E-state index in [1.807, 2.05) is 13.8 Å². The number of aromatic nitrogens is 2. The zero-order valence-corrected chi connectivity index (χ0v) is 12.0. The molecule has 0 unspecified atom stereocenters. The average molecular weight is 288 g/mol. The van der Waals surface area contributed by atoms with E-state index in [1.165, 1.54) is 18.2 Å².